The Kier molecular flexibility index (Phi) is 80.5. The van der Waals surface area contributed by atoms with Crippen molar-refractivity contribution in [2.24, 2.45) is 0 Å². The van der Waals surface area contributed by atoms with Gasteiger partial charge in [-0.1, -0.05) is 6.92 Å². The fourth-order valence-corrected chi connectivity index (χ4v) is 0. The molecule has 0 bridgehead atoms. The van der Waals surface area contributed by atoms with Crippen LogP contribution in [0.25, 0.3) is 6.15 Å². The molecule has 0 aliphatic carbocycles. The summed E-state index contributed by atoms with van der Waals surface area (Å²) in [6.45, 7) is 8.00. The Morgan fingerprint density at radius 3 is 1.60 bits per heavy atom. The zero-order chi connectivity index (χ0) is 2.71. The normalized spacial score (nSPS) is 3.60. The summed E-state index contributed by atoms with van der Waals surface area (Å²) >= 11 is 0. The van der Waals surface area contributed by atoms with Gasteiger partial charge in [-0.2, -0.15) is 6.42 Å². The van der Waals surface area contributed by atoms with E-state index in [9.17, 15) is 0 Å². The molecule has 2 radical (unpaired) electrons. The summed E-state index contributed by atoms with van der Waals surface area (Å²) in [7, 11) is 0. The molecule has 0 fully saturated rings. The molecule has 0 atom stereocenters. The molecule has 2 heteroatoms. The van der Waals surface area contributed by atoms with Crippen LogP contribution < -0.4 is 0 Å². The zero-order valence-electron chi connectivity index (χ0n) is 2.89. The molecule has 34 valence electrons. The summed E-state index contributed by atoms with van der Waals surface area (Å²) in [5.41, 5.74) is 0. The molecule has 0 saturated carbocycles. The van der Waals surface area contributed by atoms with Crippen molar-refractivity contribution in [3.8, 4) is 0 Å². The smallest absolute Gasteiger partial charge is 0.693 e. The maximum absolute atomic E-state index is 4.74. The van der Waals surface area contributed by atoms with Crippen LogP contribution in [0.2, 0.25) is 0 Å². The predicted octanol–water partition coefficient (Wildman–Crippen LogP) is 1.64. The molecular formula is C3H7NPd. The summed E-state index contributed by atoms with van der Waals surface area (Å²) in [6.07, 6.45) is 0.500. The Morgan fingerprint density at radius 1 is 1.60 bits per heavy atom. The van der Waals surface area contributed by atoms with Crippen molar-refractivity contribution in [2.75, 3.05) is 0 Å². The van der Waals surface area contributed by atoms with Crippen molar-refractivity contribution < 1.29 is 20.4 Å². The fourth-order valence-electron chi connectivity index (χ4n) is 0. The minimum atomic E-state index is 0. The van der Waals surface area contributed by atoms with E-state index in [0.717, 1.165) is 0 Å². The molecule has 0 aliphatic rings. The molecule has 0 heterocycles. The molecular weight excluding hydrogens is 156 g/mol. The van der Waals surface area contributed by atoms with Crippen molar-refractivity contribution >= 4 is 0 Å². The van der Waals surface area contributed by atoms with E-state index in [0.29, 0.717) is 6.42 Å². The Hall–Kier alpha value is 0.622. The van der Waals surface area contributed by atoms with Gasteiger partial charge < -0.3 is 13.1 Å². The first-order chi connectivity index (χ1) is 1.41. The standard InChI is InChI=1S/C3H5.H2N.Pd/c1-3-2;;/h1H,2-3H2;1H2;/q2*-1;+2. The van der Waals surface area contributed by atoms with E-state index in [1.54, 1.807) is 0 Å². The van der Waals surface area contributed by atoms with Crippen molar-refractivity contribution in [2.45, 2.75) is 6.42 Å². The molecule has 1 nitrogen and oxygen atoms in total. The van der Waals surface area contributed by atoms with Crippen LogP contribution in [0.15, 0.2) is 0 Å². The monoisotopic (exact) mass is 163 g/mol. The molecule has 0 saturated heterocycles. The molecule has 5 heavy (non-hydrogen) atoms. The summed E-state index contributed by atoms with van der Waals surface area (Å²) in [5, 5.41) is 0. The summed E-state index contributed by atoms with van der Waals surface area (Å²) in [6, 6.07) is 0. The first-order valence-electron chi connectivity index (χ1n) is 0.908. The third-order valence-electron chi connectivity index (χ3n) is 0. The Labute approximate surface area is 47.4 Å². The number of hydrogen-bond acceptors (Lipinski definition) is 0. The predicted molar refractivity (Wildman–Crippen MR) is 19.6 cm³/mol. The average molecular weight is 164 g/mol. The van der Waals surface area contributed by atoms with E-state index in [-0.39, 0.29) is 26.6 Å². The van der Waals surface area contributed by atoms with Crippen LogP contribution in [-0.2, 0) is 20.4 Å². The SMILES string of the molecule is [CH]C[CH2-].[NH2-].[Pd+2]. The van der Waals surface area contributed by atoms with Gasteiger partial charge in [-0.15, -0.1) is 0 Å². The zero-order valence-corrected chi connectivity index (χ0v) is 4.44. The third kappa shape index (κ3) is 82.1. The van der Waals surface area contributed by atoms with Gasteiger partial charge in [-0.25, -0.2) is 0 Å². The van der Waals surface area contributed by atoms with Gasteiger partial charge in [0.2, 0.25) is 0 Å². The summed E-state index contributed by atoms with van der Waals surface area (Å²) in [4.78, 5) is 0. The van der Waals surface area contributed by atoms with Gasteiger partial charge in [-0.05, 0) is 0 Å². The fraction of sp³-hybridized carbons (Fsp3) is 0.333. The van der Waals surface area contributed by atoms with Gasteiger partial charge in [0, 0.05) is 0 Å². The first kappa shape index (κ1) is 17.5. The number of nitrogens with two attached hydrogens (primary N) is 1. The van der Waals surface area contributed by atoms with Crippen LogP contribution in [0.1, 0.15) is 6.42 Å². The topological polar surface area (TPSA) is 33.5 Å². The largest absolute Gasteiger partial charge is 2.00 e. The number of hydrogen-bond donors (Lipinski definition) is 0. The maximum atomic E-state index is 4.74. The summed E-state index contributed by atoms with van der Waals surface area (Å²) < 4.78 is 0. The minimum Gasteiger partial charge on any atom is -0.693 e. The van der Waals surface area contributed by atoms with E-state index in [1.807, 2.05) is 0 Å². The second kappa shape index (κ2) is 23.0. The van der Waals surface area contributed by atoms with Crippen molar-refractivity contribution in [3.63, 3.8) is 0 Å². The van der Waals surface area contributed by atoms with Crippen molar-refractivity contribution in [1.82, 2.24) is 0 Å². The minimum absolute atomic E-state index is 0. The molecule has 0 aromatic heterocycles. The van der Waals surface area contributed by atoms with Gasteiger partial charge >= 0.3 is 20.4 Å². The second-order valence-electron chi connectivity index (χ2n) is 0.289. The van der Waals surface area contributed by atoms with E-state index < -0.39 is 0 Å². The van der Waals surface area contributed by atoms with Gasteiger partial charge in [-0.3, -0.25) is 0 Å². The van der Waals surface area contributed by atoms with Gasteiger partial charge in [0.05, 0.1) is 0 Å². The van der Waals surface area contributed by atoms with E-state index >= 15 is 0 Å². The first-order valence-corrected chi connectivity index (χ1v) is 0.908. The van der Waals surface area contributed by atoms with Crippen LogP contribution in [0.5, 0.6) is 0 Å². The Balaban J connectivity index is -0.0000000200. The average Bonchev–Trinajstić information content (AvgIpc) is 0.918. The van der Waals surface area contributed by atoms with Crippen LogP contribution >= 0.6 is 0 Å². The maximum Gasteiger partial charge on any atom is 2.00 e. The molecule has 0 aliphatic heterocycles. The van der Waals surface area contributed by atoms with Crippen molar-refractivity contribution in [3.05, 3.63) is 20.0 Å². The third-order valence-corrected chi connectivity index (χ3v) is 0. The second-order valence-corrected chi connectivity index (χ2v) is 0.289. The molecule has 0 amide bonds. The molecule has 0 aromatic carbocycles. The van der Waals surface area contributed by atoms with Crippen LogP contribution in [0.4, 0.5) is 0 Å². The van der Waals surface area contributed by atoms with E-state index in [1.165, 1.54) is 0 Å². The van der Waals surface area contributed by atoms with Gasteiger partial charge in [0.1, 0.15) is 0 Å². The van der Waals surface area contributed by atoms with Gasteiger partial charge in [0.25, 0.3) is 0 Å². The van der Waals surface area contributed by atoms with Crippen LogP contribution in [0.3, 0.4) is 0 Å². The Bertz CT molecular complexity index is 6.85. The molecule has 0 spiro atoms. The molecule has 2 N–H and O–H groups in total. The van der Waals surface area contributed by atoms with Crippen LogP contribution in [0, 0.1) is 13.8 Å². The summed E-state index contributed by atoms with van der Waals surface area (Å²) in [5.74, 6) is 0. The molecule has 0 rings (SSSR count). The van der Waals surface area contributed by atoms with Crippen LogP contribution in [-0.4, -0.2) is 0 Å². The van der Waals surface area contributed by atoms with Crippen molar-refractivity contribution in [1.29, 1.82) is 0 Å². The van der Waals surface area contributed by atoms with E-state index in [4.69, 9.17) is 6.92 Å². The molecule has 0 unspecified atom stereocenters. The number of rotatable bonds is 0. The van der Waals surface area contributed by atoms with E-state index in [2.05, 4.69) is 6.92 Å². The van der Waals surface area contributed by atoms with Gasteiger partial charge in [0.15, 0.2) is 0 Å². The molecule has 0 aromatic rings. The Morgan fingerprint density at radius 2 is 1.60 bits per heavy atom. The quantitative estimate of drug-likeness (QED) is 0.384.